The van der Waals surface area contributed by atoms with Crippen LogP contribution in [-0.4, -0.2) is 23.4 Å². The summed E-state index contributed by atoms with van der Waals surface area (Å²) in [5.74, 6) is 0.564. The summed E-state index contributed by atoms with van der Waals surface area (Å²) in [6, 6.07) is 0. The summed E-state index contributed by atoms with van der Waals surface area (Å²) >= 11 is 0. The molecule has 0 spiro atoms. The summed E-state index contributed by atoms with van der Waals surface area (Å²) in [5, 5.41) is 9.44. The van der Waals surface area contributed by atoms with Crippen molar-refractivity contribution in [1.82, 2.24) is 0 Å². The Bertz CT molecular complexity index is 121. The van der Waals surface area contributed by atoms with E-state index in [4.69, 9.17) is 4.74 Å². The van der Waals surface area contributed by atoms with Gasteiger partial charge in [-0.25, -0.2) is 0 Å². The van der Waals surface area contributed by atoms with Gasteiger partial charge < -0.3 is 9.84 Å². The Morgan fingerprint density at radius 3 is 2.80 bits per heavy atom. The Morgan fingerprint density at radius 2 is 2.00 bits per heavy atom. The third-order valence-corrected chi connectivity index (χ3v) is 2.76. The van der Waals surface area contributed by atoms with Gasteiger partial charge in [-0.15, -0.1) is 0 Å². The maximum Gasteiger partial charge on any atom is 0.0838 e. The van der Waals surface area contributed by atoms with E-state index in [1.54, 1.807) is 0 Å². The molecular formula is C8H14O2. The van der Waals surface area contributed by atoms with E-state index in [1.165, 1.54) is 0 Å². The van der Waals surface area contributed by atoms with E-state index in [0.29, 0.717) is 12.0 Å². The number of hydrogen-bond acceptors (Lipinski definition) is 2. The highest BCUT2D eigenvalue weighted by atomic mass is 16.5. The van der Waals surface area contributed by atoms with Crippen LogP contribution in [0.3, 0.4) is 0 Å². The van der Waals surface area contributed by atoms with Gasteiger partial charge in [0.05, 0.1) is 18.3 Å². The van der Waals surface area contributed by atoms with E-state index in [2.05, 4.69) is 6.92 Å². The van der Waals surface area contributed by atoms with Gasteiger partial charge in [0, 0.05) is 0 Å². The van der Waals surface area contributed by atoms with E-state index in [1.807, 2.05) is 0 Å². The minimum atomic E-state index is -0.186. The number of aliphatic hydroxyl groups excluding tert-OH is 1. The molecule has 2 aliphatic rings. The summed E-state index contributed by atoms with van der Waals surface area (Å²) in [6.07, 6.45) is 3.59. The molecule has 2 bridgehead atoms. The van der Waals surface area contributed by atoms with Crippen molar-refractivity contribution in [2.24, 2.45) is 5.92 Å². The van der Waals surface area contributed by atoms with Crippen LogP contribution in [0.5, 0.6) is 0 Å². The van der Waals surface area contributed by atoms with Crippen LogP contribution in [0.4, 0.5) is 0 Å². The van der Waals surface area contributed by atoms with Gasteiger partial charge in [-0.1, -0.05) is 6.92 Å². The minimum Gasteiger partial charge on any atom is -0.390 e. The fourth-order valence-electron chi connectivity index (χ4n) is 2.08. The lowest BCUT2D eigenvalue weighted by atomic mass is 9.96. The molecule has 2 rings (SSSR count). The molecule has 0 radical (unpaired) electrons. The SMILES string of the molecule is C[C@H]1C[C@@H](O)[C@@H]2CC[C@H]1O2. The highest BCUT2D eigenvalue weighted by Crippen LogP contribution is 2.35. The van der Waals surface area contributed by atoms with Crippen LogP contribution in [0.25, 0.3) is 0 Å². The van der Waals surface area contributed by atoms with Crippen molar-refractivity contribution in [2.45, 2.75) is 44.5 Å². The van der Waals surface area contributed by atoms with Gasteiger partial charge in [0.15, 0.2) is 0 Å². The molecule has 2 heterocycles. The third kappa shape index (κ3) is 0.867. The van der Waals surface area contributed by atoms with E-state index in [9.17, 15) is 5.11 Å². The predicted octanol–water partition coefficient (Wildman–Crippen LogP) is 0.935. The predicted molar refractivity (Wildman–Crippen MR) is 37.7 cm³/mol. The van der Waals surface area contributed by atoms with E-state index < -0.39 is 0 Å². The number of aliphatic hydroxyl groups is 1. The molecule has 2 nitrogen and oxygen atoms in total. The minimum absolute atomic E-state index is 0.168. The Balaban J connectivity index is 2.09. The zero-order valence-electron chi connectivity index (χ0n) is 6.29. The van der Waals surface area contributed by atoms with Gasteiger partial charge in [0.2, 0.25) is 0 Å². The van der Waals surface area contributed by atoms with Crippen molar-refractivity contribution in [3.8, 4) is 0 Å². The quantitative estimate of drug-likeness (QED) is 0.545. The zero-order chi connectivity index (χ0) is 7.14. The highest BCUT2D eigenvalue weighted by Gasteiger charge is 2.39. The smallest absolute Gasteiger partial charge is 0.0838 e. The molecular weight excluding hydrogens is 128 g/mol. The zero-order valence-corrected chi connectivity index (χ0v) is 6.29. The second-order valence-electron chi connectivity index (χ2n) is 3.57. The number of rotatable bonds is 0. The molecule has 2 saturated heterocycles. The lowest BCUT2D eigenvalue weighted by Crippen LogP contribution is -2.36. The molecule has 1 N–H and O–H groups in total. The van der Waals surface area contributed by atoms with Crippen LogP contribution in [-0.2, 0) is 4.74 Å². The Hall–Kier alpha value is -0.0800. The van der Waals surface area contributed by atoms with Gasteiger partial charge in [-0.3, -0.25) is 0 Å². The van der Waals surface area contributed by atoms with Gasteiger partial charge in [-0.2, -0.15) is 0 Å². The van der Waals surface area contributed by atoms with Crippen molar-refractivity contribution in [3.63, 3.8) is 0 Å². The molecule has 0 unspecified atom stereocenters. The number of ether oxygens (including phenoxy) is 1. The van der Waals surface area contributed by atoms with E-state index in [0.717, 1.165) is 19.3 Å². The summed E-state index contributed by atoms with van der Waals surface area (Å²) in [5.41, 5.74) is 0. The Kier molecular flexibility index (Phi) is 1.46. The fraction of sp³-hybridized carbons (Fsp3) is 1.00. The van der Waals surface area contributed by atoms with Gasteiger partial charge in [-0.05, 0) is 25.2 Å². The molecule has 0 aromatic heterocycles. The highest BCUT2D eigenvalue weighted by molar-refractivity contribution is 4.88. The monoisotopic (exact) mass is 142 g/mol. The molecule has 0 aromatic rings. The van der Waals surface area contributed by atoms with Gasteiger partial charge in [0.25, 0.3) is 0 Å². The summed E-state index contributed by atoms with van der Waals surface area (Å²) in [6.45, 7) is 2.16. The fourth-order valence-corrected chi connectivity index (χ4v) is 2.08. The molecule has 2 heteroatoms. The van der Waals surface area contributed by atoms with Crippen molar-refractivity contribution >= 4 is 0 Å². The van der Waals surface area contributed by atoms with Crippen LogP contribution >= 0.6 is 0 Å². The maximum atomic E-state index is 9.44. The molecule has 0 saturated carbocycles. The molecule has 10 heavy (non-hydrogen) atoms. The number of fused-ring (bicyclic) bond motifs is 2. The second kappa shape index (κ2) is 2.21. The Morgan fingerprint density at radius 1 is 1.30 bits per heavy atom. The average molecular weight is 142 g/mol. The first kappa shape index (κ1) is 6.62. The Labute approximate surface area is 61.2 Å². The molecule has 0 aromatic carbocycles. The first-order chi connectivity index (χ1) is 4.77. The molecule has 2 fully saturated rings. The van der Waals surface area contributed by atoms with Gasteiger partial charge >= 0.3 is 0 Å². The first-order valence-electron chi connectivity index (χ1n) is 4.11. The lowest BCUT2D eigenvalue weighted by molar-refractivity contribution is -0.0993. The molecule has 2 aliphatic heterocycles. The summed E-state index contributed by atoms with van der Waals surface area (Å²) in [7, 11) is 0. The van der Waals surface area contributed by atoms with E-state index in [-0.39, 0.29) is 12.2 Å². The summed E-state index contributed by atoms with van der Waals surface area (Å²) < 4.78 is 5.57. The van der Waals surface area contributed by atoms with Gasteiger partial charge in [0.1, 0.15) is 0 Å². The molecule has 0 aliphatic carbocycles. The summed E-state index contributed by atoms with van der Waals surface area (Å²) in [4.78, 5) is 0. The van der Waals surface area contributed by atoms with Crippen LogP contribution in [0.1, 0.15) is 26.2 Å². The number of hydrogen-bond donors (Lipinski definition) is 1. The molecule has 4 atom stereocenters. The maximum absolute atomic E-state index is 9.44. The van der Waals surface area contributed by atoms with Crippen LogP contribution in [0, 0.1) is 5.92 Å². The topological polar surface area (TPSA) is 29.5 Å². The normalized spacial score (nSPS) is 53.4. The second-order valence-corrected chi connectivity index (χ2v) is 3.57. The van der Waals surface area contributed by atoms with Crippen molar-refractivity contribution in [2.75, 3.05) is 0 Å². The van der Waals surface area contributed by atoms with E-state index >= 15 is 0 Å². The van der Waals surface area contributed by atoms with Crippen molar-refractivity contribution in [3.05, 3.63) is 0 Å². The van der Waals surface area contributed by atoms with Crippen LogP contribution in [0.15, 0.2) is 0 Å². The molecule has 58 valence electrons. The standard InChI is InChI=1S/C8H14O2/c1-5-4-6(9)8-3-2-7(5)10-8/h5-9H,2-4H2,1H3/t5-,6+,7+,8-/m0/s1. The average Bonchev–Trinajstić information content (AvgIpc) is 2.28. The van der Waals surface area contributed by atoms with Crippen LogP contribution in [0.2, 0.25) is 0 Å². The van der Waals surface area contributed by atoms with Crippen LogP contribution < -0.4 is 0 Å². The van der Waals surface area contributed by atoms with Crippen molar-refractivity contribution < 1.29 is 9.84 Å². The van der Waals surface area contributed by atoms with Crippen molar-refractivity contribution in [1.29, 1.82) is 0 Å². The molecule has 0 amide bonds. The third-order valence-electron chi connectivity index (χ3n) is 2.76. The lowest BCUT2D eigenvalue weighted by Gasteiger charge is -2.30. The first-order valence-corrected chi connectivity index (χ1v) is 4.11. The largest absolute Gasteiger partial charge is 0.390 e.